The quantitative estimate of drug-likeness (QED) is 0.681. The maximum Gasteiger partial charge on any atom is 0.411 e. The molecular formula is C20H18F2N2O5. The van der Waals surface area contributed by atoms with Crippen LogP contribution in [-0.2, 0) is 17.6 Å². The summed E-state index contributed by atoms with van der Waals surface area (Å²) >= 11 is 0. The first-order valence-electron chi connectivity index (χ1n) is 8.63. The van der Waals surface area contributed by atoms with Crippen LogP contribution in [0.5, 0.6) is 17.2 Å². The number of ether oxygens (including phenoxy) is 2. The Morgan fingerprint density at radius 2 is 1.93 bits per heavy atom. The van der Waals surface area contributed by atoms with Crippen molar-refractivity contribution < 1.29 is 33.0 Å². The molecule has 0 spiro atoms. The minimum Gasteiger partial charge on any atom is -0.465 e. The Labute approximate surface area is 165 Å². The first-order valence-corrected chi connectivity index (χ1v) is 8.63. The van der Waals surface area contributed by atoms with Crippen LogP contribution in [0.1, 0.15) is 30.0 Å². The average Bonchev–Trinajstić information content (AvgIpc) is 2.67. The molecule has 0 heterocycles. The van der Waals surface area contributed by atoms with Gasteiger partial charge in [-0.15, -0.1) is 0 Å². The molecule has 0 aliphatic heterocycles. The number of rotatable bonds is 8. The van der Waals surface area contributed by atoms with E-state index < -0.39 is 18.6 Å². The number of aryl methyl sites for hydroxylation is 2. The van der Waals surface area contributed by atoms with Gasteiger partial charge in [-0.1, -0.05) is 13.0 Å². The lowest BCUT2D eigenvalue weighted by atomic mass is 10.0. The van der Waals surface area contributed by atoms with Crippen LogP contribution in [-0.4, -0.2) is 23.7 Å². The minimum absolute atomic E-state index is 0.00149. The predicted molar refractivity (Wildman–Crippen MR) is 98.2 cm³/mol. The van der Waals surface area contributed by atoms with Crippen molar-refractivity contribution in [3.8, 4) is 23.3 Å². The monoisotopic (exact) mass is 404 g/mol. The Morgan fingerprint density at radius 1 is 1.17 bits per heavy atom. The zero-order valence-corrected chi connectivity index (χ0v) is 15.4. The Morgan fingerprint density at radius 3 is 2.55 bits per heavy atom. The molecule has 0 atom stereocenters. The lowest BCUT2D eigenvalue weighted by Crippen LogP contribution is -2.28. The molecule has 152 valence electrons. The van der Waals surface area contributed by atoms with E-state index in [0.717, 1.165) is 17.2 Å². The molecule has 2 aromatic carbocycles. The van der Waals surface area contributed by atoms with Gasteiger partial charge in [-0.3, -0.25) is 10.1 Å². The number of nitrogens with zero attached hydrogens (tertiary/aromatic N) is 1. The summed E-state index contributed by atoms with van der Waals surface area (Å²) in [5, 5.41) is 19.2. The first-order chi connectivity index (χ1) is 13.8. The molecule has 9 heteroatoms. The molecule has 7 nitrogen and oxygen atoms in total. The van der Waals surface area contributed by atoms with Crippen molar-refractivity contribution in [3.63, 3.8) is 0 Å². The summed E-state index contributed by atoms with van der Waals surface area (Å²) < 4.78 is 35.4. The molecule has 2 amide bonds. The second-order valence-corrected chi connectivity index (χ2v) is 5.89. The van der Waals surface area contributed by atoms with Crippen LogP contribution in [0.25, 0.3) is 0 Å². The molecule has 0 saturated carbocycles. The van der Waals surface area contributed by atoms with Gasteiger partial charge in [0.25, 0.3) is 0 Å². The maximum absolute atomic E-state index is 12.6. The number of nitrogens with one attached hydrogen (secondary N) is 1. The lowest BCUT2D eigenvalue weighted by Gasteiger charge is -2.14. The third-order valence-corrected chi connectivity index (χ3v) is 3.94. The van der Waals surface area contributed by atoms with Gasteiger partial charge >= 0.3 is 12.7 Å². The van der Waals surface area contributed by atoms with Gasteiger partial charge in [0.15, 0.2) is 11.5 Å². The fourth-order valence-electron chi connectivity index (χ4n) is 2.65. The molecule has 0 aromatic heterocycles. The van der Waals surface area contributed by atoms with Crippen molar-refractivity contribution in [2.45, 2.75) is 32.8 Å². The van der Waals surface area contributed by atoms with Gasteiger partial charge in [-0.2, -0.15) is 14.0 Å². The number of benzene rings is 2. The molecule has 2 aromatic rings. The van der Waals surface area contributed by atoms with E-state index in [2.05, 4.69) is 4.74 Å². The number of alkyl halides is 2. The summed E-state index contributed by atoms with van der Waals surface area (Å²) in [5.74, 6) is -0.470. The Balaban J connectivity index is 2.19. The number of carbonyl (C=O) groups excluding carboxylic acids is 1. The van der Waals surface area contributed by atoms with Crippen LogP contribution in [0, 0.1) is 11.3 Å². The topological polar surface area (TPSA) is 109 Å². The smallest absolute Gasteiger partial charge is 0.411 e. The van der Waals surface area contributed by atoms with Crippen LogP contribution >= 0.6 is 0 Å². The second kappa shape index (κ2) is 10.0. The van der Waals surface area contributed by atoms with Gasteiger partial charge in [0.05, 0.1) is 11.6 Å². The van der Waals surface area contributed by atoms with Crippen molar-refractivity contribution in [2.24, 2.45) is 0 Å². The zero-order valence-electron chi connectivity index (χ0n) is 15.4. The summed E-state index contributed by atoms with van der Waals surface area (Å²) in [4.78, 5) is 22.0. The van der Waals surface area contributed by atoms with Gasteiger partial charge in [0.1, 0.15) is 5.75 Å². The molecule has 29 heavy (non-hydrogen) atoms. The molecule has 0 aliphatic carbocycles. The fourth-order valence-corrected chi connectivity index (χ4v) is 2.65. The van der Waals surface area contributed by atoms with Crippen molar-refractivity contribution in [1.29, 1.82) is 5.26 Å². The number of carbonyl (C=O) groups is 2. The molecule has 2 rings (SSSR count). The van der Waals surface area contributed by atoms with E-state index in [9.17, 15) is 18.4 Å². The third kappa shape index (κ3) is 6.46. The molecule has 2 N–H and O–H groups in total. The van der Waals surface area contributed by atoms with Crippen LogP contribution < -0.4 is 14.8 Å². The summed E-state index contributed by atoms with van der Waals surface area (Å²) in [6.07, 6.45) is -0.458. The van der Waals surface area contributed by atoms with E-state index in [4.69, 9.17) is 15.1 Å². The van der Waals surface area contributed by atoms with Crippen molar-refractivity contribution in [2.75, 3.05) is 0 Å². The number of nitriles is 1. The highest BCUT2D eigenvalue weighted by atomic mass is 19.3. The highest BCUT2D eigenvalue weighted by Crippen LogP contribution is 2.34. The number of imide groups is 1. The maximum atomic E-state index is 12.6. The Bertz CT molecular complexity index is 941. The van der Waals surface area contributed by atoms with Gasteiger partial charge in [-0.05, 0) is 48.2 Å². The summed E-state index contributed by atoms with van der Waals surface area (Å²) in [7, 11) is 0. The Hall–Kier alpha value is -3.67. The molecule has 0 aliphatic rings. The van der Waals surface area contributed by atoms with Crippen molar-refractivity contribution in [3.05, 3.63) is 53.1 Å². The number of amides is 2. The van der Waals surface area contributed by atoms with Crippen LogP contribution in [0.15, 0.2) is 36.4 Å². The zero-order chi connectivity index (χ0) is 21.4. The summed E-state index contributed by atoms with van der Waals surface area (Å²) in [6.45, 7) is -1.18. The van der Waals surface area contributed by atoms with E-state index in [-0.39, 0.29) is 23.5 Å². The first kappa shape index (κ1) is 21.6. The van der Waals surface area contributed by atoms with E-state index >= 15 is 0 Å². The standard InChI is InChI=1S/C20H18F2N2O5/c1-2-13-10-15(6-4-14(13)5-8-18(25)24-20(26)27)28-16-7-3-12(11-23)9-17(16)29-19(21)22/h3-4,6-7,9-10,19H,2,5,8H2,1H3,(H,24,25)(H,26,27). The normalized spacial score (nSPS) is 10.3. The molecule has 0 fully saturated rings. The van der Waals surface area contributed by atoms with E-state index in [1.807, 2.05) is 13.0 Å². The van der Waals surface area contributed by atoms with Gasteiger partial charge in [0, 0.05) is 12.5 Å². The summed E-state index contributed by atoms with van der Waals surface area (Å²) in [5.41, 5.74) is 1.84. The Kier molecular flexibility index (Phi) is 7.48. The fraction of sp³-hybridized carbons (Fsp3) is 0.250. The SMILES string of the molecule is CCc1cc(Oc2ccc(C#N)cc2OC(F)F)ccc1CCC(=O)NC(=O)O. The van der Waals surface area contributed by atoms with Gasteiger partial charge < -0.3 is 14.6 Å². The molecular weight excluding hydrogens is 386 g/mol. The van der Waals surface area contributed by atoms with Gasteiger partial charge in [0.2, 0.25) is 5.91 Å². The number of hydrogen-bond donors (Lipinski definition) is 2. The van der Waals surface area contributed by atoms with Crippen molar-refractivity contribution >= 4 is 12.0 Å². The lowest BCUT2D eigenvalue weighted by molar-refractivity contribution is -0.120. The second-order valence-electron chi connectivity index (χ2n) is 5.89. The predicted octanol–water partition coefficient (Wildman–Crippen LogP) is 4.24. The highest BCUT2D eigenvalue weighted by Gasteiger charge is 2.14. The van der Waals surface area contributed by atoms with Crippen molar-refractivity contribution in [1.82, 2.24) is 5.32 Å². The average molecular weight is 404 g/mol. The van der Waals surface area contributed by atoms with Crippen LogP contribution in [0.3, 0.4) is 0 Å². The van der Waals surface area contributed by atoms with Crippen LogP contribution in [0.2, 0.25) is 0 Å². The van der Waals surface area contributed by atoms with Gasteiger partial charge in [-0.25, -0.2) is 4.79 Å². The number of halogens is 2. The number of carboxylic acid groups (broad SMARTS) is 1. The minimum atomic E-state index is -3.07. The third-order valence-electron chi connectivity index (χ3n) is 3.94. The molecule has 0 bridgehead atoms. The summed E-state index contributed by atoms with van der Waals surface area (Å²) in [6, 6.07) is 10.8. The van der Waals surface area contributed by atoms with Crippen LogP contribution in [0.4, 0.5) is 13.6 Å². The van der Waals surface area contributed by atoms with E-state index in [1.54, 1.807) is 23.5 Å². The van der Waals surface area contributed by atoms with E-state index in [0.29, 0.717) is 18.6 Å². The molecule has 0 saturated heterocycles. The largest absolute Gasteiger partial charge is 0.465 e. The molecule has 0 unspecified atom stereocenters. The highest BCUT2D eigenvalue weighted by molar-refractivity contribution is 5.90. The number of hydrogen-bond acceptors (Lipinski definition) is 5. The molecule has 0 radical (unpaired) electrons. The van der Waals surface area contributed by atoms with E-state index in [1.165, 1.54) is 12.1 Å².